The van der Waals surface area contributed by atoms with Crippen LogP contribution in [0.3, 0.4) is 0 Å². The summed E-state index contributed by atoms with van der Waals surface area (Å²) in [6.07, 6.45) is -3.40. The van der Waals surface area contributed by atoms with Crippen LogP contribution in [-0.2, 0) is 112 Å². The number of nitrogens with two attached hydrogens (primary N) is 4. The van der Waals surface area contributed by atoms with Crippen LogP contribution < -0.4 is 97.4 Å². The molecule has 4 rings (SSSR count). The van der Waals surface area contributed by atoms with Crippen LogP contribution in [0, 0.1) is 17.8 Å². The molecule has 40 heteroatoms. The summed E-state index contributed by atoms with van der Waals surface area (Å²) in [5, 5.41) is 76.3. The molecule has 0 spiro atoms. The zero-order valence-corrected chi connectivity index (χ0v) is 75.7. The quantitative estimate of drug-likeness (QED) is 0.0252. The average Bonchev–Trinajstić information content (AvgIpc) is 0.833. The van der Waals surface area contributed by atoms with Gasteiger partial charge in [0.05, 0.1) is 0 Å². The minimum atomic E-state index is -1.76. The second-order valence-corrected chi connectivity index (χ2v) is 33.6. The van der Waals surface area contributed by atoms with Gasteiger partial charge in [0.1, 0.15) is 90.3 Å². The lowest BCUT2D eigenvalue weighted by atomic mass is 9.98. The van der Waals surface area contributed by atoms with Gasteiger partial charge in [-0.3, -0.25) is 86.3 Å². The molecular weight excluding hydrogens is 1700 g/mol. The van der Waals surface area contributed by atoms with E-state index in [1.165, 1.54) is 38.1 Å². The van der Waals surface area contributed by atoms with Gasteiger partial charge in [-0.25, -0.2) is 0 Å². The number of aromatic hydroxyl groups is 1. The minimum absolute atomic E-state index is 0.00575. The summed E-state index contributed by atoms with van der Waals surface area (Å²) in [4.78, 5) is 250. The summed E-state index contributed by atoms with van der Waals surface area (Å²) in [6.45, 7) is 13.0. The smallest absolute Gasteiger partial charge is 0.303 e. The third-order valence-electron chi connectivity index (χ3n) is 21.1. The van der Waals surface area contributed by atoms with Gasteiger partial charge in [0.25, 0.3) is 0 Å². The molecule has 0 aromatic heterocycles. The number of carbonyl (C=O) groups excluding carboxylic acids is 15. The van der Waals surface area contributed by atoms with Crippen molar-refractivity contribution in [3.05, 3.63) is 138 Å². The molecule has 4 aromatic carbocycles. The van der Waals surface area contributed by atoms with Crippen LogP contribution >= 0.6 is 0 Å². The predicted molar refractivity (Wildman–Crippen MR) is 483 cm³/mol. The van der Waals surface area contributed by atoms with Crippen molar-refractivity contribution in [2.45, 2.75) is 275 Å². The van der Waals surface area contributed by atoms with E-state index in [0.717, 1.165) is 0 Å². The van der Waals surface area contributed by atoms with Crippen molar-refractivity contribution in [2.75, 3.05) is 19.6 Å². The first-order valence-electron chi connectivity index (χ1n) is 44.3. The number of phenols is 1. The molecule has 0 saturated heterocycles. The fourth-order valence-corrected chi connectivity index (χ4v) is 14.0. The van der Waals surface area contributed by atoms with Crippen LogP contribution in [-0.4, -0.2) is 231 Å². The van der Waals surface area contributed by atoms with Gasteiger partial charge >= 0.3 is 17.9 Å². The highest BCUT2D eigenvalue weighted by molar-refractivity contribution is 6.01. The van der Waals surface area contributed by atoms with Crippen molar-refractivity contribution in [2.24, 2.45) is 40.7 Å². The Morgan fingerprint density at radius 1 is 0.282 bits per heavy atom. The van der Waals surface area contributed by atoms with Gasteiger partial charge in [0, 0.05) is 51.9 Å². The molecule has 0 saturated carbocycles. The number of hydrogen-bond acceptors (Lipinski definition) is 22. The number of unbranched alkanes of at least 4 members (excludes halogenated alkanes) is 3. The van der Waals surface area contributed by atoms with Gasteiger partial charge in [-0.05, 0) is 169 Å². The molecule has 40 nitrogen and oxygen atoms in total. The third kappa shape index (κ3) is 42.4. The maximum absolute atomic E-state index is 14.9. The minimum Gasteiger partial charge on any atom is -0.508 e. The molecule has 0 aliphatic rings. The lowest BCUT2D eigenvalue weighted by molar-refractivity contribution is -0.139. The number of carboxylic acid groups (broad SMARTS) is 3. The van der Waals surface area contributed by atoms with E-state index in [0.29, 0.717) is 41.5 Å². The fraction of sp³-hybridized carbons (Fsp3) is 0.538. The molecule has 0 fully saturated rings. The van der Waals surface area contributed by atoms with Crippen LogP contribution in [0.15, 0.2) is 115 Å². The summed E-state index contributed by atoms with van der Waals surface area (Å²) in [7, 11) is 0. The number of benzene rings is 4. The van der Waals surface area contributed by atoms with Gasteiger partial charge in [-0.15, -0.1) is 0 Å². The number of aliphatic carboxylic acids is 3. The van der Waals surface area contributed by atoms with Crippen LogP contribution in [0.4, 0.5) is 0 Å². The standard InChI is InChI=1S/C91H134N18O22/c1-52(2)46-69(97-56(8)110)86(126)106-72(50-59-28-16-11-17-29-59)90(130)107-73(51-60-33-35-61(111)36-34-60)89(129)103-67(39-42-76(116)117)84(124)99-64(32-20-23-45-94)85(125)109-77(54(5)6)91(131)108-70(47-53(3)4)87(127)102-66(38-41-75(114)115)83(123)98-63(31-19-22-44-93)82(122)105-71(49-58-26-14-10-15-27-58)88(128)100-62(30-18-21-43-92)81(121)101-65(37-40-74(112)113)80(120)96-55(7)79(119)104-68(78(95)118)48-57-24-12-9-13-25-57/h9-17,24-29,33-36,52-55,62-73,77,111H,18-23,30-32,37-51,92-94H2,1-8H3,(H2,95,118)(H,96,120)(H,97,110)(H,98,123)(H,99,124)(H,100,128)(H,101,121)(H,102,127)(H,103,129)(H,104,119)(H,105,122)(H,106,126)(H,107,130)(H,108,131)(H,109,125)(H,112,113)(H,114,115)(H,116,117). The molecule has 0 bridgehead atoms. The average molecular weight is 1830 g/mol. The van der Waals surface area contributed by atoms with Crippen molar-refractivity contribution in [3.63, 3.8) is 0 Å². The molecule has 26 N–H and O–H groups in total. The molecule has 0 radical (unpaired) electrons. The monoisotopic (exact) mass is 1830 g/mol. The summed E-state index contributed by atoms with van der Waals surface area (Å²) < 4.78 is 0. The largest absolute Gasteiger partial charge is 0.508 e. The molecule has 4 aromatic rings. The first-order valence-corrected chi connectivity index (χ1v) is 44.3. The molecular formula is C91H134N18O22. The van der Waals surface area contributed by atoms with E-state index in [2.05, 4.69) is 74.4 Å². The number of phenolic OH excluding ortho intramolecular Hbond substituents is 1. The third-order valence-corrected chi connectivity index (χ3v) is 21.1. The number of primary amides is 1. The predicted octanol–water partition coefficient (Wildman–Crippen LogP) is -0.295. The highest BCUT2D eigenvalue weighted by Crippen LogP contribution is 2.19. The highest BCUT2D eigenvalue weighted by Gasteiger charge is 2.40. The summed E-state index contributed by atoms with van der Waals surface area (Å²) in [5.41, 5.74) is 25.3. The Bertz CT molecular complexity index is 4420. The van der Waals surface area contributed by atoms with E-state index in [4.69, 9.17) is 22.9 Å². The molecule has 14 unspecified atom stereocenters. The molecule has 0 aliphatic heterocycles. The molecule has 14 atom stereocenters. The molecule has 720 valence electrons. The van der Waals surface area contributed by atoms with Gasteiger partial charge in [0.15, 0.2) is 0 Å². The van der Waals surface area contributed by atoms with E-state index in [1.807, 2.05) is 13.8 Å². The Labute approximate surface area is 762 Å². The molecule has 15 amide bonds. The van der Waals surface area contributed by atoms with E-state index in [-0.39, 0.29) is 108 Å². The van der Waals surface area contributed by atoms with Gasteiger partial charge < -0.3 is 118 Å². The van der Waals surface area contributed by atoms with Gasteiger partial charge in [-0.2, -0.15) is 0 Å². The Morgan fingerprint density at radius 3 is 0.824 bits per heavy atom. The maximum Gasteiger partial charge on any atom is 0.303 e. The number of nitrogens with one attached hydrogen (secondary N) is 14. The SMILES string of the molecule is CC(=O)NC(CC(C)C)C(=O)NC(Cc1ccccc1)C(=O)NC(Cc1ccc(O)cc1)C(=O)NC(CCC(=O)O)C(=O)NC(CCCCN)C(=O)NC(C(=O)NC(CC(C)C)C(=O)NC(CCC(=O)O)C(=O)NC(CCCCN)C(=O)NC(Cc1ccccc1)C(=O)NC(CCCCN)C(=O)NC(CCC(=O)O)C(=O)NC(C)C(=O)NC(Cc1ccccc1)C(N)=O)C(C)C. The zero-order chi connectivity index (χ0) is 97.4. The number of rotatable bonds is 62. The van der Waals surface area contributed by atoms with Crippen molar-refractivity contribution >= 4 is 107 Å². The number of amides is 15. The Balaban J connectivity index is 1.65. The Kier molecular flexibility index (Phi) is 49.3. The molecule has 0 aliphatic carbocycles. The zero-order valence-electron chi connectivity index (χ0n) is 75.7. The van der Waals surface area contributed by atoms with Gasteiger partial charge in [0.2, 0.25) is 88.6 Å². The summed E-state index contributed by atoms with van der Waals surface area (Å²) >= 11 is 0. The van der Waals surface area contributed by atoms with Crippen molar-refractivity contribution in [1.29, 1.82) is 0 Å². The first kappa shape index (κ1) is 110. The fourth-order valence-electron chi connectivity index (χ4n) is 14.0. The van der Waals surface area contributed by atoms with E-state index in [9.17, 15) is 107 Å². The van der Waals surface area contributed by atoms with Crippen LogP contribution in [0.1, 0.15) is 187 Å². The number of carbonyl (C=O) groups is 18. The van der Waals surface area contributed by atoms with E-state index in [1.54, 1.807) is 119 Å². The van der Waals surface area contributed by atoms with E-state index >= 15 is 0 Å². The topological polar surface area (TPSA) is 661 Å². The Hall–Kier alpha value is -13.0. The molecule has 0 heterocycles. The summed E-state index contributed by atoms with van der Waals surface area (Å²) in [6, 6.07) is 9.93. The van der Waals surface area contributed by atoms with Crippen molar-refractivity contribution in [3.8, 4) is 5.75 Å². The lowest BCUT2D eigenvalue weighted by Gasteiger charge is -2.30. The normalized spacial score (nSPS) is 14.4. The summed E-state index contributed by atoms with van der Waals surface area (Å²) in [5.74, 6) is -19.6. The molecule has 131 heavy (non-hydrogen) atoms. The van der Waals surface area contributed by atoms with Crippen LogP contribution in [0.25, 0.3) is 0 Å². The number of hydrogen-bond donors (Lipinski definition) is 22. The lowest BCUT2D eigenvalue weighted by Crippen LogP contribution is -2.61. The second kappa shape index (κ2) is 58.6. The van der Waals surface area contributed by atoms with Gasteiger partial charge in [-0.1, -0.05) is 145 Å². The first-order chi connectivity index (χ1) is 62.1. The van der Waals surface area contributed by atoms with E-state index < -0.39 is 241 Å². The second-order valence-electron chi connectivity index (χ2n) is 33.6. The Morgan fingerprint density at radius 2 is 0.534 bits per heavy atom. The van der Waals surface area contributed by atoms with Crippen molar-refractivity contribution in [1.82, 2.24) is 74.4 Å². The highest BCUT2D eigenvalue weighted by atomic mass is 16.4. The van der Waals surface area contributed by atoms with Crippen molar-refractivity contribution < 1.29 is 107 Å². The maximum atomic E-state index is 14.9. The van der Waals surface area contributed by atoms with Crippen LogP contribution in [0.2, 0.25) is 0 Å². The number of carboxylic acids is 3. The van der Waals surface area contributed by atoms with Crippen LogP contribution in [0.5, 0.6) is 5.75 Å².